The van der Waals surface area contributed by atoms with Crippen molar-refractivity contribution in [2.24, 2.45) is 0 Å². The van der Waals surface area contributed by atoms with E-state index < -0.39 is 51.7 Å². The van der Waals surface area contributed by atoms with E-state index in [4.69, 9.17) is 0 Å². The van der Waals surface area contributed by atoms with Gasteiger partial charge in [-0.05, 0) is 42.7 Å². The Bertz CT molecular complexity index is 1510. The Morgan fingerprint density at radius 2 is 1.71 bits per heavy atom. The van der Waals surface area contributed by atoms with Crippen molar-refractivity contribution in [3.8, 4) is 0 Å². The summed E-state index contributed by atoms with van der Waals surface area (Å²) in [5.74, 6) is -0.339. The topological polar surface area (TPSA) is 122 Å². The largest absolute Gasteiger partial charge is 0.417 e. The second-order valence-electron chi connectivity index (χ2n) is 10.9. The Balaban J connectivity index is 2.02. The summed E-state index contributed by atoms with van der Waals surface area (Å²) >= 11 is 0. The summed E-state index contributed by atoms with van der Waals surface area (Å²) in [4.78, 5) is 18.0. The quantitative estimate of drug-likeness (QED) is 0.325. The second-order valence-corrected chi connectivity index (χ2v) is 13.2. The van der Waals surface area contributed by atoms with Crippen LogP contribution >= 0.6 is 0 Å². The fraction of sp³-hybridized carbons (Fsp3) is 0.448. The van der Waals surface area contributed by atoms with Crippen LogP contribution in [-0.2, 0) is 28.0 Å². The molecular weight excluding hydrogens is 559 g/mol. The van der Waals surface area contributed by atoms with Gasteiger partial charge in [0.1, 0.15) is 11.5 Å². The van der Waals surface area contributed by atoms with Gasteiger partial charge in [-0.15, -0.1) is 0 Å². The van der Waals surface area contributed by atoms with Crippen LogP contribution in [0.1, 0.15) is 91.0 Å². The lowest BCUT2D eigenvalue weighted by atomic mass is 9.94. The Hall–Kier alpha value is -3.22. The molecule has 0 aliphatic heterocycles. The molecule has 2 atom stereocenters. The molecule has 0 aliphatic carbocycles. The molecule has 224 valence electrons. The van der Waals surface area contributed by atoms with Gasteiger partial charge in [0.25, 0.3) is 5.91 Å². The number of imidazole rings is 1. The first-order valence-electron chi connectivity index (χ1n) is 13.1. The zero-order chi connectivity index (χ0) is 30.9. The van der Waals surface area contributed by atoms with Gasteiger partial charge >= 0.3 is 6.18 Å². The second kappa shape index (κ2) is 11.9. The van der Waals surface area contributed by atoms with Crippen molar-refractivity contribution in [1.29, 1.82) is 0 Å². The molecule has 41 heavy (non-hydrogen) atoms. The predicted octanol–water partition coefficient (Wildman–Crippen LogP) is 4.87. The number of hydrogen-bond acceptors (Lipinski definition) is 6. The van der Waals surface area contributed by atoms with E-state index in [9.17, 15) is 36.6 Å². The van der Waals surface area contributed by atoms with Crippen LogP contribution in [0.5, 0.6) is 0 Å². The number of hydrogen-bond donors (Lipinski definition) is 3. The maximum atomic E-state index is 14.1. The Morgan fingerprint density at radius 3 is 2.20 bits per heavy atom. The molecule has 0 saturated heterocycles. The summed E-state index contributed by atoms with van der Waals surface area (Å²) in [6.45, 7) is 9.13. The number of nitrogens with one attached hydrogen (secondary N) is 1. The Kier molecular flexibility index (Phi) is 9.41. The highest BCUT2D eigenvalue weighted by Crippen LogP contribution is 2.38. The number of sulfone groups is 1. The third-order valence-corrected chi connectivity index (χ3v) is 8.61. The summed E-state index contributed by atoms with van der Waals surface area (Å²) in [6, 6.07) is 8.95. The summed E-state index contributed by atoms with van der Waals surface area (Å²) in [6.07, 6.45) is -6.06. The van der Waals surface area contributed by atoms with Gasteiger partial charge in [-0.1, -0.05) is 58.0 Å². The molecule has 3 aromatic rings. The number of alkyl halides is 3. The molecule has 3 rings (SSSR count). The van der Waals surface area contributed by atoms with Crippen LogP contribution in [0.2, 0.25) is 0 Å². The molecule has 0 saturated carbocycles. The molecule has 3 N–H and O–H groups in total. The van der Waals surface area contributed by atoms with Crippen molar-refractivity contribution in [2.75, 3.05) is 12.4 Å². The van der Waals surface area contributed by atoms with Gasteiger partial charge in [0.05, 0.1) is 35.0 Å². The van der Waals surface area contributed by atoms with Crippen LogP contribution in [0.4, 0.5) is 13.2 Å². The van der Waals surface area contributed by atoms with Crippen molar-refractivity contribution in [3.63, 3.8) is 0 Å². The van der Waals surface area contributed by atoms with Crippen molar-refractivity contribution >= 4 is 15.7 Å². The van der Waals surface area contributed by atoms with Gasteiger partial charge < -0.3 is 20.1 Å². The number of rotatable bonds is 9. The average molecular weight is 596 g/mol. The highest BCUT2D eigenvalue weighted by atomic mass is 32.2. The summed E-state index contributed by atoms with van der Waals surface area (Å²) in [5, 5.41) is 22.7. The molecule has 0 spiro atoms. The number of carbonyl (C=O) groups is 1. The molecule has 0 radical (unpaired) electrons. The molecule has 0 aliphatic rings. The first-order valence-corrected chi connectivity index (χ1v) is 14.8. The molecule has 8 nitrogen and oxygen atoms in total. The van der Waals surface area contributed by atoms with E-state index in [-0.39, 0.29) is 34.0 Å². The van der Waals surface area contributed by atoms with Crippen molar-refractivity contribution in [2.45, 2.75) is 76.7 Å². The van der Waals surface area contributed by atoms with Crippen molar-refractivity contribution in [3.05, 3.63) is 81.9 Å². The zero-order valence-electron chi connectivity index (χ0n) is 23.9. The van der Waals surface area contributed by atoms with Crippen LogP contribution in [0.3, 0.4) is 0 Å². The molecule has 1 heterocycles. The number of carbonyl (C=O) groups excluding carboxylic acids is 1. The lowest BCUT2D eigenvalue weighted by Gasteiger charge is -2.23. The molecule has 0 bridgehead atoms. The van der Waals surface area contributed by atoms with E-state index in [0.29, 0.717) is 17.1 Å². The number of aliphatic hydroxyl groups excluding tert-OH is 2. The number of halogens is 3. The van der Waals surface area contributed by atoms with Crippen LogP contribution in [0, 0.1) is 6.92 Å². The van der Waals surface area contributed by atoms with Crippen LogP contribution < -0.4 is 5.32 Å². The van der Waals surface area contributed by atoms with Gasteiger partial charge in [-0.2, -0.15) is 13.2 Å². The molecule has 12 heteroatoms. The van der Waals surface area contributed by atoms with Gasteiger partial charge in [0, 0.05) is 17.7 Å². The van der Waals surface area contributed by atoms with Crippen LogP contribution in [0.25, 0.3) is 0 Å². The maximum absolute atomic E-state index is 14.1. The molecule has 1 unspecified atom stereocenters. The van der Waals surface area contributed by atoms with E-state index in [0.717, 1.165) is 0 Å². The van der Waals surface area contributed by atoms with Gasteiger partial charge in [0.2, 0.25) is 0 Å². The Labute approximate surface area is 238 Å². The first-order chi connectivity index (χ1) is 18.9. The van der Waals surface area contributed by atoms with Crippen molar-refractivity contribution < 1.29 is 36.6 Å². The number of benzene rings is 2. The predicted molar refractivity (Wildman–Crippen MR) is 148 cm³/mol. The zero-order valence-corrected chi connectivity index (χ0v) is 24.7. The fourth-order valence-electron chi connectivity index (χ4n) is 4.67. The number of aromatic nitrogens is 2. The number of aliphatic hydroxyl groups is 2. The number of amides is 1. The third kappa shape index (κ3) is 6.99. The highest BCUT2D eigenvalue weighted by molar-refractivity contribution is 7.91. The van der Waals surface area contributed by atoms with E-state index in [2.05, 4.69) is 10.3 Å². The van der Waals surface area contributed by atoms with Crippen molar-refractivity contribution in [1.82, 2.24) is 14.9 Å². The molecule has 2 aromatic carbocycles. The van der Waals surface area contributed by atoms with Gasteiger partial charge in [0.15, 0.2) is 9.84 Å². The average Bonchev–Trinajstić information content (AvgIpc) is 3.22. The monoisotopic (exact) mass is 595 g/mol. The number of nitrogens with zero attached hydrogens (tertiary/aromatic N) is 2. The summed E-state index contributed by atoms with van der Waals surface area (Å²) < 4.78 is 68.2. The normalized spacial score (nSPS) is 14.1. The maximum Gasteiger partial charge on any atom is 0.417 e. The molecule has 1 aromatic heterocycles. The van der Waals surface area contributed by atoms with Gasteiger partial charge in [-0.25, -0.2) is 13.4 Å². The lowest BCUT2D eigenvalue weighted by molar-refractivity contribution is -0.139. The van der Waals surface area contributed by atoms with E-state index in [1.807, 2.05) is 20.8 Å². The van der Waals surface area contributed by atoms with Crippen LogP contribution in [0.15, 0.2) is 47.4 Å². The SMILES string of the molecule is CCS(=O)(=O)c1ccc([C@@H](CO)NC(=O)c2nc(C(C)(C)C)n(Cc3cccc(C(C)O)c3C(F)(F)F)c2C)cc1. The first kappa shape index (κ1) is 32.3. The minimum absolute atomic E-state index is 0.0150. The molecule has 0 fully saturated rings. The van der Waals surface area contributed by atoms with Gasteiger partial charge in [-0.3, -0.25) is 4.79 Å². The minimum Gasteiger partial charge on any atom is -0.394 e. The van der Waals surface area contributed by atoms with E-state index in [1.54, 1.807) is 11.5 Å². The molecular formula is C29H36F3N3O5S. The smallest absolute Gasteiger partial charge is 0.394 e. The van der Waals surface area contributed by atoms with E-state index >= 15 is 0 Å². The molecule has 1 amide bonds. The van der Waals surface area contributed by atoms with Crippen LogP contribution in [-0.4, -0.2) is 46.4 Å². The summed E-state index contributed by atoms with van der Waals surface area (Å²) in [7, 11) is -3.43. The highest BCUT2D eigenvalue weighted by Gasteiger charge is 2.38. The summed E-state index contributed by atoms with van der Waals surface area (Å²) in [5.41, 5.74) is -1.13. The lowest BCUT2D eigenvalue weighted by Crippen LogP contribution is -2.31. The standard InChI is InChI=1S/C29H36F3N3O5S/c1-7-41(39,40)21-13-11-19(12-14-21)23(16-36)33-26(38)25-17(2)35(27(34-25)28(4,5)6)15-20-9-8-10-22(18(3)37)24(20)29(30,31)32/h8-14,18,23,36-37H,7,15-16H2,1-6H3,(H,33,38)/t18?,23-/m1/s1. The Morgan fingerprint density at radius 1 is 1.10 bits per heavy atom. The van der Waals surface area contributed by atoms with E-state index in [1.165, 1.54) is 56.3 Å². The minimum atomic E-state index is -4.72. The third-order valence-electron chi connectivity index (χ3n) is 6.86. The fourth-order valence-corrected chi connectivity index (χ4v) is 5.55.